The lowest BCUT2D eigenvalue weighted by molar-refractivity contribution is -0.131. The highest BCUT2D eigenvalue weighted by Gasteiger charge is 2.19. The standard InChI is InChI=1S/C11H17BrN2OS/c1-11(2,13)5-10(15)14(3)6-8-4-9(12)16-7-8/h4,7H,5-6,13H2,1-3H3. The Morgan fingerprint density at radius 3 is 2.69 bits per heavy atom. The Kier molecular flexibility index (Phi) is 4.52. The zero-order valence-electron chi connectivity index (χ0n) is 9.79. The number of nitrogens with two attached hydrogens (primary N) is 1. The molecule has 1 rings (SSSR count). The quantitative estimate of drug-likeness (QED) is 0.929. The molecule has 0 aliphatic heterocycles. The van der Waals surface area contributed by atoms with Gasteiger partial charge in [0.05, 0.1) is 3.79 Å². The van der Waals surface area contributed by atoms with Crippen molar-refractivity contribution in [1.82, 2.24) is 4.90 Å². The molecule has 0 saturated heterocycles. The van der Waals surface area contributed by atoms with E-state index < -0.39 is 5.54 Å². The maximum atomic E-state index is 11.8. The maximum Gasteiger partial charge on any atom is 0.224 e. The molecule has 90 valence electrons. The van der Waals surface area contributed by atoms with Crippen molar-refractivity contribution in [3.05, 3.63) is 20.8 Å². The zero-order valence-corrected chi connectivity index (χ0v) is 12.2. The predicted molar refractivity (Wildman–Crippen MR) is 71.4 cm³/mol. The van der Waals surface area contributed by atoms with E-state index in [1.165, 1.54) is 0 Å². The number of hydrogen-bond acceptors (Lipinski definition) is 3. The summed E-state index contributed by atoms with van der Waals surface area (Å²) in [5.41, 5.74) is 6.52. The van der Waals surface area contributed by atoms with Gasteiger partial charge in [-0.25, -0.2) is 0 Å². The second-order valence-electron chi connectivity index (χ2n) is 4.67. The molecule has 1 amide bonds. The predicted octanol–water partition coefficient (Wildman–Crippen LogP) is 2.60. The number of amides is 1. The van der Waals surface area contributed by atoms with Crippen molar-refractivity contribution in [2.24, 2.45) is 5.73 Å². The first kappa shape index (κ1) is 13.7. The molecule has 0 aliphatic rings. The van der Waals surface area contributed by atoms with Gasteiger partial charge in [0, 0.05) is 25.6 Å². The van der Waals surface area contributed by atoms with Crippen LogP contribution >= 0.6 is 27.3 Å². The summed E-state index contributed by atoms with van der Waals surface area (Å²) in [4.78, 5) is 13.5. The van der Waals surface area contributed by atoms with E-state index in [1.807, 2.05) is 25.3 Å². The van der Waals surface area contributed by atoms with Crippen LogP contribution in [0.3, 0.4) is 0 Å². The number of carbonyl (C=O) groups is 1. The van der Waals surface area contributed by atoms with Crippen molar-refractivity contribution in [3.8, 4) is 0 Å². The van der Waals surface area contributed by atoms with Gasteiger partial charge >= 0.3 is 0 Å². The van der Waals surface area contributed by atoms with Gasteiger partial charge in [-0.15, -0.1) is 11.3 Å². The lowest BCUT2D eigenvalue weighted by atomic mass is 10.0. The summed E-state index contributed by atoms with van der Waals surface area (Å²) in [6, 6.07) is 2.03. The number of thiophene rings is 1. The third kappa shape index (κ3) is 4.63. The SMILES string of the molecule is CN(Cc1csc(Br)c1)C(=O)CC(C)(C)N. The van der Waals surface area contributed by atoms with E-state index in [4.69, 9.17) is 5.73 Å². The van der Waals surface area contributed by atoms with Crippen molar-refractivity contribution in [1.29, 1.82) is 0 Å². The van der Waals surface area contributed by atoms with Crippen LogP contribution in [0.1, 0.15) is 25.8 Å². The Balaban J connectivity index is 2.52. The Morgan fingerprint density at radius 2 is 2.25 bits per heavy atom. The monoisotopic (exact) mass is 304 g/mol. The first-order chi connectivity index (χ1) is 7.28. The average Bonchev–Trinajstić information content (AvgIpc) is 2.48. The number of rotatable bonds is 4. The van der Waals surface area contributed by atoms with E-state index >= 15 is 0 Å². The normalized spacial score (nSPS) is 11.6. The largest absolute Gasteiger partial charge is 0.341 e. The number of hydrogen-bond donors (Lipinski definition) is 1. The molecule has 0 bridgehead atoms. The number of halogens is 1. The van der Waals surface area contributed by atoms with Crippen LogP contribution in [0.4, 0.5) is 0 Å². The van der Waals surface area contributed by atoms with Crippen molar-refractivity contribution >= 4 is 33.2 Å². The highest BCUT2D eigenvalue weighted by atomic mass is 79.9. The molecule has 1 aromatic heterocycles. The van der Waals surface area contributed by atoms with Crippen molar-refractivity contribution in [2.75, 3.05) is 7.05 Å². The highest BCUT2D eigenvalue weighted by molar-refractivity contribution is 9.11. The molecule has 2 N–H and O–H groups in total. The molecule has 0 spiro atoms. The molecule has 0 aliphatic carbocycles. The van der Waals surface area contributed by atoms with Gasteiger partial charge in [0.1, 0.15) is 0 Å². The minimum absolute atomic E-state index is 0.0785. The third-order valence-corrected chi connectivity index (χ3v) is 3.63. The van der Waals surface area contributed by atoms with Crippen LogP contribution in [-0.2, 0) is 11.3 Å². The van der Waals surface area contributed by atoms with Crippen LogP contribution in [0.15, 0.2) is 15.2 Å². The summed E-state index contributed by atoms with van der Waals surface area (Å²) >= 11 is 5.03. The molecule has 0 unspecified atom stereocenters. The molecule has 1 heterocycles. The zero-order chi connectivity index (χ0) is 12.3. The van der Waals surface area contributed by atoms with E-state index in [1.54, 1.807) is 23.3 Å². The van der Waals surface area contributed by atoms with E-state index in [-0.39, 0.29) is 5.91 Å². The summed E-state index contributed by atoms with van der Waals surface area (Å²) in [5, 5.41) is 2.04. The van der Waals surface area contributed by atoms with Gasteiger partial charge in [0.25, 0.3) is 0 Å². The smallest absolute Gasteiger partial charge is 0.224 e. The maximum absolute atomic E-state index is 11.8. The highest BCUT2D eigenvalue weighted by Crippen LogP contribution is 2.21. The molecule has 0 atom stereocenters. The van der Waals surface area contributed by atoms with Crippen molar-refractivity contribution in [2.45, 2.75) is 32.4 Å². The molecule has 1 aromatic rings. The van der Waals surface area contributed by atoms with Crippen LogP contribution < -0.4 is 5.73 Å². The van der Waals surface area contributed by atoms with Crippen LogP contribution in [-0.4, -0.2) is 23.4 Å². The Hall–Kier alpha value is -0.390. The third-order valence-electron chi connectivity index (χ3n) is 2.07. The summed E-state index contributed by atoms with van der Waals surface area (Å²) in [5.74, 6) is 0.0785. The molecular weight excluding hydrogens is 288 g/mol. The van der Waals surface area contributed by atoms with Gasteiger partial charge in [-0.2, -0.15) is 0 Å². The Morgan fingerprint density at radius 1 is 1.62 bits per heavy atom. The van der Waals surface area contributed by atoms with Crippen LogP contribution in [0.25, 0.3) is 0 Å². The van der Waals surface area contributed by atoms with E-state index in [2.05, 4.69) is 15.9 Å². The minimum Gasteiger partial charge on any atom is -0.341 e. The minimum atomic E-state index is -0.444. The van der Waals surface area contributed by atoms with Gasteiger partial charge in [0.15, 0.2) is 0 Å². The van der Waals surface area contributed by atoms with Gasteiger partial charge < -0.3 is 10.6 Å². The van der Waals surface area contributed by atoms with Gasteiger partial charge in [0.2, 0.25) is 5.91 Å². The molecule has 0 fully saturated rings. The van der Waals surface area contributed by atoms with E-state index in [9.17, 15) is 4.79 Å². The Labute approximate surface area is 109 Å². The number of nitrogens with zero attached hydrogens (tertiary/aromatic N) is 1. The average molecular weight is 305 g/mol. The van der Waals surface area contributed by atoms with Crippen LogP contribution in [0, 0.1) is 0 Å². The second-order valence-corrected chi connectivity index (χ2v) is 6.96. The first-order valence-corrected chi connectivity index (χ1v) is 6.71. The summed E-state index contributed by atoms with van der Waals surface area (Å²) < 4.78 is 1.09. The lowest BCUT2D eigenvalue weighted by Gasteiger charge is -2.23. The molecule has 0 aromatic carbocycles. The first-order valence-electron chi connectivity index (χ1n) is 5.04. The van der Waals surface area contributed by atoms with Gasteiger partial charge in [-0.05, 0) is 46.8 Å². The topological polar surface area (TPSA) is 46.3 Å². The molecule has 0 radical (unpaired) electrons. The lowest BCUT2D eigenvalue weighted by Crippen LogP contribution is -2.39. The molecule has 0 saturated carbocycles. The number of carbonyl (C=O) groups excluding carboxylic acids is 1. The second kappa shape index (κ2) is 5.29. The van der Waals surface area contributed by atoms with Gasteiger partial charge in [-0.1, -0.05) is 0 Å². The summed E-state index contributed by atoms with van der Waals surface area (Å²) in [6.45, 7) is 4.36. The fourth-order valence-corrected chi connectivity index (χ4v) is 2.52. The van der Waals surface area contributed by atoms with Crippen molar-refractivity contribution < 1.29 is 4.79 Å². The van der Waals surface area contributed by atoms with Crippen LogP contribution in [0.2, 0.25) is 0 Å². The fourth-order valence-electron chi connectivity index (χ4n) is 1.32. The molecular formula is C11H17BrN2OS. The molecule has 16 heavy (non-hydrogen) atoms. The molecule has 5 heteroatoms. The Bertz CT molecular complexity index is 370. The van der Waals surface area contributed by atoms with Gasteiger partial charge in [-0.3, -0.25) is 4.79 Å². The molecule has 3 nitrogen and oxygen atoms in total. The summed E-state index contributed by atoms with van der Waals surface area (Å²) in [7, 11) is 1.81. The van der Waals surface area contributed by atoms with E-state index in [0.717, 1.165) is 9.35 Å². The van der Waals surface area contributed by atoms with Crippen LogP contribution in [0.5, 0.6) is 0 Å². The van der Waals surface area contributed by atoms with E-state index in [0.29, 0.717) is 13.0 Å². The van der Waals surface area contributed by atoms with Crippen molar-refractivity contribution in [3.63, 3.8) is 0 Å². The fraction of sp³-hybridized carbons (Fsp3) is 0.545. The summed E-state index contributed by atoms with van der Waals surface area (Å²) in [6.07, 6.45) is 0.370.